The SMILES string of the molecule is COc1ccc(N2C(=O)CC(Sc3ccc(NC(=O)/C(=C/c4ccccc4OC)NC(=O)c4ccccc4)cc3)C2=O)cc1. The topological polar surface area (TPSA) is 114 Å². The second kappa shape index (κ2) is 13.7. The third kappa shape index (κ3) is 6.99. The Labute approximate surface area is 258 Å². The maximum absolute atomic E-state index is 13.4. The number of methoxy groups -OCH3 is 2. The van der Waals surface area contributed by atoms with Gasteiger partial charge in [-0.1, -0.05) is 36.4 Å². The minimum atomic E-state index is -0.575. The summed E-state index contributed by atoms with van der Waals surface area (Å²) < 4.78 is 10.6. The minimum Gasteiger partial charge on any atom is -0.497 e. The zero-order valence-electron chi connectivity index (χ0n) is 24.0. The molecule has 9 nitrogen and oxygen atoms in total. The van der Waals surface area contributed by atoms with Gasteiger partial charge in [-0.05, 0) is 72.8 Å². The van der Waals surface area contributed by atoms with E-state index in [9.17, 15) is 19.2 Å². The predicted molar refractivity (Wildman–Crippen MR) is 170 cm³/mol. The maximum Gasteiger partial charge on any atom is 0.272 e. The first-order valence-corrected chi connectivity index (χ1v) is 14.5. The van der Waals surface area contributed by atoms with E-state index in [0.717, 1.165) is 4.90 Å². The van der Waals surface area contributed by atoms with Gasteiger partial charge in [-0.25, -0.2) is 4.90 Å². The molecule has 5 rings (SSSR count). The number of hydrogen-bond acceptors (Lipinski definition) is 7. The summed E-state index contributed by atoms with van der Waals surface area (Å²) in [5.41, 5.74) is 2.01. The van der Waals surface area contributed by atoms with Crippen LogP contribution in [0.1, 0.15) is 22.3 Å². The molecule has 0 aliphatic carbocycles. The smallest absolute Gasteiger partial charge is 0.272 e. The van der Waals surface area contributed by atoms with Crippen LogP contribution in [0.4, 0.5) is 11.4 Å². The molecular formula is C34H29N3O6S. The van der Waals surface area contributed by atoms with Crippen molar-refractivity contribution >= 4 is 52.8 Å². The van der Waals surface area contributed by atoms with Gasteiger partial charge in [0.15, 0.2) is 0 Å². The summed E-state index contributed by atoms with van der Waals surface area (Å²) in [7, 11) is 3.08. The second-order valence-corrected chi connectivity index (χ2v) is 11.0. The second-order valence-electron chi connectivity index (χ2n) is 9.67. The number of amides is 4. The van der Waals surface area contributed by atoms with E-state index in [-0.39, 0.29) is 23.9 Å². The lowest BCUT2D eigenvalue weighted by molar-refractivity contribution is -0.121. The van der Waals surface area contributed by atoms with Crippen LogP contribution >= 0.6 is 11.8 Å². The van der Waals surface area contributed by atoms with Crippen molar-refractivity contribution < 1.29 is 28.7 Å². The Morgan fingerprint density at radius 1 is 0.841 bits per heavy atom. The zero-order chi connectivity index (χ0) is 31.1. The Morgan fingerprint density at radius 3 is 2.20 bits per heavy atom. The summed E-state index contributed by atoms with van der Waals surface area (Å²) in [5.74, 6) is -0.359. The van der Waals surface area contributed by atoms with E-state index >= 15 is 0 Å². The fourth-order valence-corrected chi connectivity index (χ4v) is 5.62. The molecule has 0 radical (unpaired) electrons. The van der Waals surface area contributed by atoms with Crippen molar-refractivity contribution in [3.8, 4) is 11.5 Å². The molecule has 1 atom stereocenters. The highest BCUT2D eigenvalue weighted by atomic mass is 32.2. The van der Waals surface area contributed by atoms with E-state index in [1.807, 2.05) is 6.07 Å². The Morgan fingerprint density at radius 2 is 1.52 bits per heavy atom. The van der Waals surface area contributed by atoms with Gasteiger partial charge in [-0.3, -0.25) is 19.2 Å². The van der Waals surface area contributed by atoms with Crippen LogP contribution in [-0.2, 0) is 14.4 Å². The molecule has 10 heteroatoms. The normalized spacial score (nSPS) is 14.7. The van der Waals surface area contributed by atoms with Crippen molar-refractivity contribution in [2.75, 3.05) is 24.4 Å². The monoisotopic (exact) mass is 607 g/mol. The van der Waals surface area contributed by atoms with Gasteiger partial charge >= 0.3 is 0 Å². The highest BCUT2D eigenvalue weighted by molar-refractivity contribution is 8.00. The molecule has 4 amide bonds. The van der Waals surface area contributed by atoms with Gasteiger partial charge < -0.3 is 20.1 Å². The van der Waals surface area contributed by atoms with Crippen molar-refractivity contribution in [3.63, 3.8) is 0 Å². The molecule has 44 heavy (non-hydrogen) atoms. The van der Waals surface area contributed by atoms with Crippen molar-refractivity contribution in [3.05, 3.63) is 120 Å². The average Bonchev–Trinajstić information content (AvgIpc) is 3.33. The molecule has 0 aromatic heterocycles. The Balaban J connectivity index is 1.29. The highest BCUT2D eigenvalue weighted by Crippen LogP contribution is 2.35. The lowest BCUT2D eigenvalue weighted by Gasteiger charge is -2.15. The van der Waals surface area contributed by atoms with Crippen LogP contribution < -0.4 is 25.0 Å². The van der Waals surface area contributed by atoms with Gasteiger partial charge in [-0.15, -0.1) is 11.8 Å². The molecule has 1 unspecified atom stereocenters. The molecule has 1 fully saturated rings. The number of rotatable bonds is 10. The standard InChI is InChI=1S/C34H29N3O6S/c1-42-26-16-14-25(15-17-26)37-31(38)21-30(34(37)41)44-27-18-12-24(13-19-27)35-33(40)28(20-23-10-6-7-11-29(23)43-2)36-32(39)22-8-4-3-5-9-22/h3-20,30H,21H2,1-2H3,(H,35,40)(H,36,39)/b28-20-. The number of carbonyl (C=O) groups is 4. The Bertz CT molecular complexity index is 1710. The maximum atomic E-state index is 13.4. The largest absolute Gasteiger partial charge is 0.497 e. The number of ether oxygens (including phenoxy) is 2. The number of nitrogens with one attached hydrogen (secondary N) is 2. The molecular weight excluding hydrogens is 578 g/mol. The molecule has 0 spiro atoms. The molecule has 1 aliphatic rings. The molecule has 222 valence electrons. The Hall–Kier alpha value is -5.35. The van der Waals surface area contributed by atoms with Crippen LogP contribution in [0.25, 0.3) is 6.08 Å². The first kappa shape index (κ1) is 30.1. The van der Waals surface area contributed by atoms with Crippen molar-refractivity contribution in [2.45, 2.75) is 16.6 Å². The zero-order valence-corrected chi connectivity index (χ0v) is 24.8. The summed E-state index contributed by atoms with van der Waals surface area (Å²) in [6.45, 7) is 0. The van der Waals surface area contributed by atoms with Crippen LogP contribution in [0.5, 0.6) is 11.5 Å². The van der Waals surface area contributed by atoms with Crippen LogP contribution in [0, 0.1) is 0 Å². The van der Waals surface area contributed by atoms with Crippen LogP contribution in [0.2, 0.25) is 0 Å². The van der Waals surface area contributed by atoms with Gasteiger partial charge in [0.2, 0.25) is 11.8 Å². The number of para-hydroxylation sites is 1. The van der Waals surface area contributed by atoms with E-state index in [1.165, 1.54) is 23.8 Å². The molecule has 2 N–H and O–H groups in total. The number of nitrogens with zero attached hydrogens (tertiary/aromatic N) is 1. The molecule has 4 aromatic rings. The minimum absolute atomic E-state index is 0.0236. The van der Waals surface area contributed by atoms with Crippen molar-refractivity contribution in [1.82, 2.24) is 5.32 Å². The van der Waals surface area contributed by atoms with Gasteiger partial charge in [0.05, 0.1) is 25.2 Å². The first-order valence-electron chi connectivity index (χ1n) is 13.7. The number of imide groups is 1. The molecule has 1 aliphatic heterocycles. The molecule has 0 bridgehead atoms. The fourth-order valence-electron chi connectivity index (χ4n) is 4.56. The highest BCUT2D eigenvalue weighted by Gasteiger charge is 2.40. The van der Waals surface area contributed by atoms with Gasteiger partial charge in [0, 0.05) is 28.1 Å². The molecule has 1 saturated heterocycles. The van der Waals surface area contributed by atoms with E-state index in [1.54, 1.807) is 110 Å². The summed E-state index contributed by atoms with van der Waals surface area (Å²) in [6.07, 6.45) is 1.63. The summed E-state index contributed by atoms with van der Waals surface area (Å²) in [6, 6.07) is 29.4. The molecule has 1 heterocycles. The summed E-state index contributed by atoms with van der Waals surface area (Å²) in [5, 5.41) is 4.96. The number of thioether (sulfide) groups is 1. The summed E-state index contributed by atoms with van der Waals surface area (Å²) >= 11 is 1.28. The Kier molecular flexibility index (Phi) is 9.41. The molecule has 0 saturated carbocycles. The predicted octanol–water partition coefficient (Wildman–Crippen LogP) is 5.54. The van der Waals surface area contributed by atoms with E-state index < -0.39 is 17.1 Å². The van der Waals surface area contributed by atoms with Gasteiger partial charge in [0.1, 0.15) is 17.2 Å². The van der Waals surface area contributed by atoms with E-state index in [4.69, 9.17) is 9.47 Å². The van der Waals surface area contributed by atoms with Crippen LogP contribution in [0.15, 0.2) is 114 Å². The molecule has 4 aromatic carbocycles. The van der Waals surface area contributed by atoms with Gasteiger partial charge in [-0.2, -0.15) is 0 Å². The average molecular weight is 608 g/mol. The third-order valence-corrected chi connectivity index (χ3v) is 7.99. The van der Waals surface area contributed by atoms with Crippen LogP contribution in [0.3, 0.4) is 0 Å². The number of hydrogen-bond donors (Lipinski definition) is 2. The van der Waals surface area contributed by atoms with Crippen molar-refractivity contribution in [1.29, 1.82) is 0 Å². The van der Waals surface area contributed by atoms with Crippen molar-refractivity contribution in [2.24, 2.45) is 0 Å². The van der Waals surface area contributed by atoms with Gasteiger partial charge in [0.25, 0.3) is 11.8 Å². The third-order valence-electron chi connectivity index (χ3n) is 6.79. The number of anilines is 2. The first-order chi connectivity index (χ1) is 21.4. The number of carbonyl (C=O) groups excluding carboxylic acids is 4. The van der Waals surface area contributed by atoms with E-state index in [0.29, 0.717) is 34.0 Å². The van der Waals surface area contributed by atoms with Crippen LogP contribution in [-0.4, -0.2) is 43.1 Å². The quantitative estimate of drug-likeness (QED) is 0.180. The fraction of sp³-hybridized carbons (Fsp3) is 0.118. The number of benzene rings is 4. The van der Waals surface area contributed by atoms with E-state index in [2.05, 4.69) is 10.6 Å². The lowest BCUT2D eigenvalue weighted by Crippen LogP contribution is -2.31. The summed E-state index contributed by atoms with van der Waals surface area (Å²) in [4.78, 5) is 54.1. The lowest BCUT2D eigenvalue weighted by atomic mass is 10.1.